The quantitative estimate of drug-likeness (QED) is 0.832. The van der Waals surface area contributed by atoms with Gasteiger partial charge in [0, 0.05) is 17.8 Å². The molecule has 0 aliphatic rings. The third-order valence-electron chi connectivity index (χ3n) is 2.94. The summed E-state index contributed by atoms with van der Waals surface area (Å²) in [5, 5.41) is 18.6. The van der Waals surface area contributed by atoms with E-state index in [2.05, 4.69) is 4.98 Å². The van der Waals surface area contributed by atoms with Crippen LogP contribution in [0, 0.1) is 0 Å². The number of carbonyl (C=O) groups is 1. The number of aliphatic carboxylic acids is 1. The molecule has 0 aliphatic heterocycles. The smallest absolute Gasteiger partial charge is 0.333 e. The molecular formula is C12H14N2O3. The Balaban J connectivity index is 2.48. The first-order valence-electron chi connectivity index (χ1n) is 5.28. The van der Waals surface area contributed by atoms with Crippen molar-refractivity contribution < 1.29 is 15.0 Å². The predicted octanol–water partition coefficient (Wildman–Crippen LogP) is 1.06. The Kier molecular flexibility index (Phi) is 2.63. The molecule has 2 N–H and O–H groups in total. The number of pyridine rings is 1. The third-order valence-corrected chi connectivity index (χ3v) is 2.94. The van der Waals surface area contributed by atoms with Crippen LogP contribution in [-0.4, -0.2) is 31.7 Å². The Labute approximate surface area is 98.3 Å². The fraction of sp³-hybridized carbons (Fsp3) is 0.333. The molecule has 5 heteroatoms. The van der Waals surface area contributed by atoms with Gasteiger partial charge < -0.3 is 14.6 Å². The average Bonchev–Trinajstić information content (AvgIpc) is 2.71. The fourth-order valence-corrected chi connectivity index (χ4v) is 1.69. The van der Waals surface area contributed by atoms with Crippen molar-refractivity contribution >= 4 is 11.6 Å². The largest absolute Gasteiger partial charge is 0.479 e. The summed E-state index contributed by atoms with van der Waals surface area (Å²) in [5.41, 5.74) is 0.351. The lowest BCUT2D eigenvalue weighted by Crippen LogP contribution is -2.40. The van der Waals surface area contributed by atoms with E-state index in [0.29, 0.717) is 5.69 Å². The van der Waals surface area contributed by atoms with E-state index in [1.807, 2.05) is 24.4 Å². The van der Waals surface area contributed by atoms with Crippen LogP contribution in [0.5, 0.6) is 0 Å². The zero-order valence-corrected chi connectivity index (χ0v) is 9.66. The number of fused-ring (bicyclic) bond motifs is 1. The Morgan fingerprint density at radius 1 is 1.47 bits per heavy atom. The van der Waals surface area contributed by atoms with Gasteiger partial charge >= 0.3 is 5.97 Å². The fourth-order valence-electron chi connectivity index (χ4n) is 1.69. The summed E-state index contributed by atoms with van der Waals surface area (Å²) >= 11 is 0. The molecule has 0 saturated carbocycles. The second-order valence-corrected chi connectivity index (χ2v) is 4.55. The molecule has 5 nitrogen and oxygen atoms in total. The van der Waals surface area contributed by atoms with Gasteiger partial charge in [-0.2, -0.15) is 0 Å². The van der Waals surface area contributed by atoms with Crippen LogP contribution >= 0.6 is 0 Å². The Hall–Kier alpha value is -1.88. The van der Waals surface area contributed by atoms with Gasteiger partial charge in [-0.25, -0.2) is 9.78 Å². The number of imidazole rings is 1. The van der Waals surface area contributed by atoms with E-state index < -0.39 is 17.5 Å². The van der Waals surface area contributed by atoms with Gasteiger partial charge in [-0.3, -0.25) is 0 Å². The van der Waals surface area contributed by atoms with Crippen molar-refractivity contribution in [1.82, 2.24) is 9.38 Å². The number of carboxylic acid groups (broad SMARTS) is 1. The van der Waals surface area contributed by atoms with E-state index in [4.69, 9.17) is 5.11 Å². The van der Waals surface area contributed by atoms with E-state index in [1.165, 1.54) is 0 Å². The highest BCUT2D eigenvalue weighted by atomic mass is 16.4. The second-order valence-electron chi connectivity index (χ2n) is 4.55. The highest BCUT2D eigenvalue weighted by Gasteiger charge is 2.37. The maximum absolute atomic E-state index is 10.8. The summed E-state index contributed by atoms with van der Waals surface area (Å²) in [5.74, 6) is -1.24. The first kappa shape index (κ1) is 11.6. The highest BCUT2D eigenvalue weighted by Crippen LogP contribution is 2.26. The molecule has 1 unspecified atom stereocenters. The summed E-state index contributed by atoms with van der Waals surface area (Å²) in [6, 6.07) is 5.54. The molecule has 0 bridgehead atoms. The Bertz CT molecular complexity index is 527. The van der Waals surface area contributed by atoms with Crippen LogP contribution in [0.15, 0.2) is 30.6 Å². The molecule has 2 aromatic heterocycles. The van der Waals surface area contributed by atoms with Crippen molar-refractivity contribution in [1.29, 1.82) is 0 Å². The molecule has 0 amide bonds. The third kappa shape index (κ3) is 1.89. The molecule has 2 heterocycles. The molecule has 90 valence electrons. The molecule has 0 aromatic carbocycles. The van der Waals surface area contributed by atoms with Crippen LogP contribution in [-0.2, 0) is 10.2 Å². The van der Waals surface area contributed by atoms with Crippen molar-refractivity contribution in [2.24, 2.45) is 0 Å². The Morgan fingerprint density at radius 2 is 2.18 bits per heavy atom. The van der Waals surface area contributed by atoms with E-state index in [9.17, 15) is 9.90 Å². The van der Waals surface area contributed by atoms with Crippen LogP contribution in [0.2, 0.25) is 0 Å². The number of aliphatic hydroxyl groups excluding tert-OH is 1. The van der Waals surface area contributed by atoms with E-state index in [-0.39, 0.29) is 0 Å². The van der Waals surface area contributed by atoms with E-state index >= 15 is 0 Å². The molecule has 0 aliphatic carbocycles. The number of hydrogen-bond acceptors (Lipinski definition) is 3. The molecule has 0 spiro atoms. The maximum atomic E-state index is 10.8. The van der Waals surface area contributed by atoms with Gasteiger partial charge in [0.15, 0.2) is 6.10 Å². The van der Waals surface area contributed by atoms with Gasteiger partial charge in [0.25, 0.3) is 0 Å². The van der Waals surface area contributed by atoms with Crippen molar-refractivity contribution in [3.8, 4) is 0 Å². The van der Waals surface area contributed by atoms with Crippen molar-refractivity contribution in [2.45, 2.75) is 25.4 Å². The molecular weight excluding hydrogens is 220 g/mol. The minimum atomic E-state index is -1.48. The van der Waals surface area contributed by atoms with Gasteiger partial charge in [0.1, 0.15) is 5.65 Å². The molecule has 0 saturated heterocycles. The zero-order chi connectivity index (χ0) is 12.6. The van der Waals surface area contributed by atoms with E-state index in [0.717, 1.165) is 5.65 Å². The summed E-state index contributed by atoms with van der Waals surface area (Å²) in [4.78, 5) is 15.2. The number of aliphatic hydroxyl groups is 1. The summed E-state index contributed by atoms with van der Waals surface area (Å²) < 4.78 is 1.80. The van der Waals surface area contributed by atoms with Crippen molar-refractivity contribution in [3.05, 3.63) is 36.3 Å². The molecule has 2 aromatic rings. The minimum absolute atomic E-state index is 0.554. The lowest BCUT2D eigenvalue weighted by Gasteiger charge is -2.25. The van der Waals surface area contributed by atoms with Crippen LogP contribution in [0.25, 0.3) is 5.65 Å². The van der Waals surface area contributed by atoms with Crippen molar-refractivity contribution in [3.63, 3.8) is 0 Å². The molecule has 0 radical (unpaired) electrons. The molecule has 1 atom stereocenters. The summed E-state index contributed by atoms with van der Waals surface area (Å²) in [6.45, 7) is 3.32. The lowest BCUT2D eigenvalue weighted by atomic mass is 9.83. The zero-order valence-electron chi connectivity index (χ0n) is 9.66. The predicted molar refractivity (Wildman–Crippen MR) is 61.9 cm³/mol. The van der Waals surface area contributed by atoms with Crippen LogP contribution in [0.3, 0.4) is 0 Å². The normalized spacial score (nSPS) is 13.8. The van der Waals surface area contributed by atoms with Crippen molar-refractivity contribution in [2.75, 3.05) is 0 Å². The highest BCUT2D eigenvalue weighted by molar-refractivity contribution is 5.74. The number of aromatic nitrogens is 2. The second kappa shape index (κ2) is 3.85. The topological polar surface area (TPSA) is 74.8 Å². The maximum Gasteiger partial charge on any atom is 0.333 e. The molecule has 2 rings (SSSR count). The van der Waals surface area contributed by atoms with Gasteiger partial charge in [-0.15, -0.1) is 0 Å². The SMILES string of the molecule is CC(C)(c1cn2ccccc2n1)C(O)C(=O)O. The van der Waals surface area contributed by atoms with Crippen LogP contribution in [0.4, 0.5) is 0 Å². The van der Waals surface area contributed by atoms with Gasteiger partial charge in [0.2, 0.25) is 0 Å². The standard InChI is InChI=1S/C12H14N2O3/c1-12(2,10(15)11(16)17)8-7-14-6-4-3-5-9(14)13-8/h3-7,10,15H,1-2H3,(H,16,17). The number of nitrogens with zero attached hydrogens (tertiary/aromatic N) is 2. The monoisotopic (exact) mass is 234 g/mol. The lowest BCUT2D eigenvalue weighted by molar-refractivity contribution is -0.150. The molecule has 0 fully saturated rings. The van der Waals surface area contributed by atoms with Crippen LogP contribution < -0.4 is 0 Å². The van der Waals surface area contributed by atoms with Gasteiger partial charge in [0.05, 0.1) is 5.69 Å². The number of carboxylic acids is 1. The van der Waals surface area contributed by atoms with Gasteiger partial charge in [-0.05, 0) is 12.1 Å². The van der Waals surface area contributed by atoms with Gasteiger partial charge in [-0.1, -0.05) is 19.9 Å². The average molecular weight is 234 g/mol. The number of rotatable bonds is 3. The first-order valence-corrected chi connectivity index (χ1v) is 5.28. The van der Waals surface area contributed by atoms with Crippen LogP contribution in [0.1, 0.15) is 19.5 Å². The van der Waals surface area contributed by atoms with E-state index in [1.54, 1.807) is 24.4 Å². The summed E-state index contributed by atoms with van der Waals surface area (Å²) in [6.07, 6.45) is 2.09. The Morgan fingerprint density at radius 3 is 2.76 bits per heavy atom. The number of hydrogen-bond donors (Lipinski definition) is 2. The molecule has 17 heavy (non-hydrogen) atoms. The minimum Gasteiger partial charge on any atom is -0.479 e. The summed E-state index contributed by atoms with van der Waals surface area (Å²) in [7, 11) is 0. The first-order chi connectivity index (χ1) is 7.93.